The van der Waals surface area contributed by atoms with Crippen LogP contribution in [0.5, 0.6) is 0 Å². The van der Waals surface area contributed by atoms with Crippen molar-refractivity contribution >= 4 is 11.7 Å². The van der Waals surface area contributed by atoms with E-state index in [-0.39, 0.29) is 11.3 Å². The Bertz CT molecular complexity index is 671. The van der Waals surface area contributed by atoms with Gasteiger partial charge in [0.1, 0.15) is 0 Å². The highest BCUT2D eigenvalue weighted by Gasteiger charge is 2.62. The normalized spacial score (nSPS) is 45.5. The van der Waals surface area contributed by atoms with Crippen molar-refractivity contribution in [1.82, 2.24) is 9.80 Å². The van der Waals surface area contributed by atoms with E-state index in [1.165, 1.54) is 44.4 Å². The lowest BCUT2D eigenvalue weighted by Gasteiger charge is -2.62. The summed E-state index contributed by atoms with van der Waals surface area (Å²) in [6, 6.07) is 0.648. The average Bonchev–Trinajstić information content (AvgIpc) is 3.06. The lowest BCUT2D eigenvalue weighted by molar-refractivity contribution is -0.145. The topological polar surface area (TPSA) is 35.9 Å². The molecule has 4 fully saturated rings. The van der Waals surface area contributed by atoms with Crippen molar-refractivity contribution in [2.24, 2.45) is 39.5 Å². The highest BCUT2D eigenvalue weighted by Crippen LogP contribution is 2.66. The van der Waals surface area contributed by atoms with E-state index in [9.17, 15) is 4.79 Å². The minimum absolute atomic E-state index is 0.223. The van der Waals surface area contributed by atoms with Gasteiger partial charge in [0.15, 0.2) is 0 Å². The number of carbonyl (C=O) groups excluding carboxylic acids is 1. The van der Waals surface area contributed by atoms with Gasteiger partial charge < -0.3 is 9.80 Å². The molecule has 164 valence electrons. The number of hydrogen-bond acceptors (Lipinski definition) is 2. The molecule has 0 spiro atoms. The molecule has 29 heavy (non-hydrogen) atoms. The first-order chi connectivity index (χ1) is 13.8. The largest absolute Gasteiger partial charge is 0.360 e. The van der Waals surface area contributed by atoms with E-state index in [2.05, 4.69) is 49.5 Å². The summed E-state index contributed by atoms with van der Waals surface area (Å²) in [6.07, 6.45) is 10.0. The van der Waals surface area contributed by atoms with Gasteiger partial charge in [0.25, 0.3) is 0 Å². The van der Waals surface area contributed by atoms with Crippen molar-refractivity contribution in [1.29, 1.82) is 0 Å². The molecule has 1 saturated heterocycles. The standard InChI is InChI=1S/C25H43N3O/c1-7-28(8-2)23(29)20-11-10-18-17-9-12-21-25(4,16-14-22(26-5)27(21)6)19(17)13-15-24(18,20)3/h17-21H,7-16H2,1-6H3/t17-,18-,19-,20+,21+,24-,25+/m0/s1. The Labute approximate surface area is 178 Å². The number of likely N-dealkylation sites (tertiary alicyclic amines) is 1. The van der Waals surface area contributed by atoms with Crippen LogP contribution in [-0.4, -0.2) is 54.8 Å². The molecule has 7 atom stereocenters. The fourth-order valence-corrected chi connectivity index (χ4v) is 8.59. The van der Waals surface area contributed by atoms with Crippen molar-refractivity contribution in [3.05, 3.63) is 0 Å². The summed E-state index contributed by atoms with van der Waals surface area (Å²) in [4.78, 5) is 22.5. The van der Waals surface area contributed by atoms with Crippen LogP contribution in [0.3, 0.4) is 0 Å². The molecule has 0 N–H and O–H groups in total. The lowest BCUT2D eigenvalue weighted by Crippen LogP contribution is -2.61. The lowest BCUT2D eigenvalue weighted by atomic mass is 9.47. The second kappa shape index (κ2) is 7.57. The third kappa shape index (κ3) is 2.98. The zero-order valence-corrected chi connectivity index (χ0v) is 19.7. The van der Waals surface area contributed by atoms with Gasteiger partial charge in [-0.25, -0.2) is 0 Å². The van der Waals surface area contributed by atoms with E-state index in [1.54, 1.807) is 0 Å². The SMILES string of the molecule is CCN(CC)C(=O)[C@H]1CC[C@H]2[C@@H]3CC[C@H]4N(C)C(=NC)CC[C@]4(C)[C@H]3CC[C@]12C. The number of rotatable bonds is 3. The van der Waals surface area contributed by atoms with Gasteiger partial charge >= 0.3 is 0 Å². The zero-order chi connectivity index (χ0) is 21.0. The van der Waals surface area contributed by atoms with E-state index in [1.807, 2.05) is 7.05 Å². The maximum atomic E-state index is 13.3. The molecule has 0 radical (unpaired) electrons. The number of amidine groups is 1. The average molecular weight is 402 g/mol. The Balaban J connectivity index is 1.58. The molecule has 1 amide bonds. The molecule has 4 nitrogen and oxygen atoms in total. The molecule has 4 rings (SSSR count). The van der Waals surface area contributed by atoms with Crippen LogP contribution in [0.2, 0.25) is 0 Å². The molecule has 1 aliphatic heterocycles. The summed E-state index contributed by atoms with van der Waals surface area (Å²) >= 11 is 0. The minimum Gasteiger partial charge on any atom is -0.360 e. The molecule has 0 unspecified atom stereocenters. The first kappa shape index (κ1) is 21.2. The predicted octanol–water partition coefficient (Wildman–Crippen LogP) is 4.84. The van der Waals surface area contributed by atoms with Crippen molar-refractivity contribution < 1.29 is 4.79 Å². The Morgan fingerprint density at radius 3 is 2.38 bits per heavy atom. The van der Waals surface area contributed by atoms with Crippen LogP contribution in [-0.2, 0) is 4.79 Å². The van der Waals surface area contributed by atoms with Crippen LogP contribution < -0.4 is 0 Å². The van der Waals surface area contributed by atoms with Gasteiger partial charge in [-0.15, -0.1) is 0 Å². The number of amides is 1. The molecule has 3 saturated carbocycles. The summed E-state index contributed by atoms with van der Waals surface area (Å²) in [6.45, 7) is 11.0. The van der Waals surface area contributed by atoms with Gasteiger partial charge in [-0.05, 0) is 87.4 Å². The number of nitrogens with zero attached hydrogens (tertiary/aromatic N) is 3. The quantitative estimate of drug-likeness (QED) is 0.679. The van der Waals surface area contributed by atoms with E-state index in [0.29, 0.717) is 17.4 Å². The Morgan fingerprint density at radius 1 is 1.03 bits per heavy atom. The molecular weight excluding hydrogens is 358 g/mol. The highest BCUT2D eigenvalue weighted by atomic mass is 16.2. The van der Waals surface area contributed by atoms with Crippen LogP contribution in [0.15, 0.2) is 4.99 Å². The zero-order valence-electron chi connectivity index (χ0n) is 19.7. The Morgan fingerprint density at radius 2 is 1.72 bits per heavy atom. The van der Waals surface area contributed by atoms with Crippen LogP contribution in [0.4, 0.5) is 0 Å². The van der Waals surface area contributed by atoms with E-state index < -0.39 is 0 Å². The third-order valence-electron chi connectivity index (χ3n) is 10.2. The summed E-state index contributed by atoms with van der Waals surface area (Å²) in [5.74, 6) is 4.39. The van der Waals surface area contributed by atoms with Crippen LogP contribution >= 0.6 is 0 Å². The first-order valence-corrected chi connectivity index (χ1v) is 12.3. The molecule has 0 aromatic carbocycles. The maximum Gasteiger partial charge on any atom is 0.226 e. The number of piperidine rings is 1. The number of hydrogen-bond donors (Lipinski definition) is 0. The van der Waals surface area contributed by atoms with Gasteiger partial charge in [-0.2, -0.15) is 0 Å². The molecule has 0 bridgehead atoms. The van der Waals surface area contributed by atoms with Crippen LogP contribution in [0.1, 0.15) is 79.1 Å². The van der Waals surface area contributed by atoms with Crippen molar-refractivity contribution in [2.45, 2.75) is 85.1 Å². The van der Waals surface area contributed by atoms with Gasteiger partial charge in [0, 0.05) is 45.6 Å². The first-order valence-electron chi connectivity index (χ1n) is 12.3. The number of carbonyl (C=O) groups is 1. The molecular formula is C25H43N3O. The maximum absolute atomic E-state index is 13.3. The highest BCUT2D eigenvalue weighted by molar-refractivity contribution is 5.83. The van der Waals surface area contributed by atoms with Crippen LogP contribution in [0.25, 0.3) is 0 Å². The van der Waals surface area contributed by atoms with Crippen molar-refractivity contribution in [3.63, 3.8) is 0 Å². The molecule has 3 aliphatic carbocycles. The van der Waals surface area contributed by atoms with Gasteiger partial charge in [-0.1, -0.05) is 13.8 Å². The molecule has 4 heteroatoms. The molecule has 1 heterocycles. The monoisotopic (exact) mass is 401 g/mol. The number of fused-ring (bicyclic) bond motifs is 5. The third-order valence-corrected chi connectivity index (χ3v) is 10.2. The molecule has 4 aliphatic rings. The summed E-state index contributed by atoms with van der Waals surface area (Å²) in [5, 5.41) is 0. The Hall–Kier alpha value is -1.06. The smallest absolute Gasteiger partial charge is 0.226 e. The second-order valence-electron chi connectivity index (χ2n) is 10.9. The van der Waals surface area contributed by atoms with Crippen molar-refractivity contribution in [2.75, 3.05) is 27.2 Å². The molecule has 0 aromatic rings. The van der Waals surface area contributed by atoms with E-state index >= 15 is 0 Å². The summed E-state index contributed by atoms with van der Waals surface area (Å²) in [7, 11) is 4.24. The minimum atomic E-state index is 0.223. The van der Waals surface area contributed by atoms with Crippen LogP contribution in [0, 0.1) is 34.5 Å². The molecule has 0 aromatic heterocycles. The van der Waals surface area contributed by atoms with Crippen molar-refractivity contribution in [3.8, 4) is 0 Å². The Kier molecular flexibility index (Phi) is 5.53. The van der Waals surface area contributed by atoms with E-state index in [4.69, 9.17) is 0 Å². The van der Waals surface area contributed by atoms with Gasteiger partial charge in [0.05, 0.1) is 5.84 Å². The summed E-state index contributed by atoms with van der Waals surface area (Å²) < 4.78 is 0. The second-order valence-corrected chi connectivity index (χ2v) is 10.9. The summed E-state index contributed by atoms with van der Waals surface area (Å²) in [5.41, 5.74) is 0.634. The van der Waals surface area contributed by atoms with Gasteiger partial charge in [0.2, 0.25) is 5.91 Å². The fraction of sp³-hybridized carbons (Fsp3) is 0.920. The van der Waals surface area contributed by atoms with E-state index in [0.717, 1.165) is 43.7 Å². The number of aliphatic imine (C=N–C) groups is 1. The van der Waals surface area contributed by atoms with Gasteiger partial charge in [-0.3, -0.25) is 9.79 Å². The predicted molar refractivity (Wildman–Crippen MR) is 120 cm³/mol. The fourth-order valence-electron chi connectivity index (χ4n) is 8.59.